The number of hydrogen-bond donors (Lipinski definition) is 1. The lowest BCUT2D eigenvalue weighted by Crippen LogP contribution is -2.30. The number of benzene rings is 3. The summed E-state index contributed by atoms with van der Waals surface area (Å²) in [6.07, 6.45) is 2.03. The molecule has 5 rings (SSSR count). The van der Waals surface area contributed by atoms with Gasteiger partial charge in [-0.25, -0.2) is 0 Å². The molecule has 0 radical (unpaired) electrons. The van der Waals surface area contributed by atoms with E-state index in [1.165, 1.54) is 0 Å². The predicted octanol–water partition coefficient (Wildman–Crippen LogP) is 6.22. The summed E-state index contributed by atoms with van der Waals surface area (Å²) < 4.78 is 2.16. The van der Waals surface area contributed by atoms with Crippen LogP contribution in [0.4, 0.5) is 11.4 Å². The van der Waals surface area contributed by atoms with Crippen LogP contribution < -0.4 is 10.2 Å². The molecular weight excluding hydrogens is 446 g/mol. The van der Waals surface area contributed by atoms with Crippen molar-refractivity contribution in [2.24, 2.45) is 0 Å². The second-order valence-electron chi connectivity index (χ2n) is 8.61. The Morgan fingerprint density at radius 1 is 0.912 bits per heavy atom. The zero-order valence-electron chi connectivity index (χ0n) is 19.0. The fraction of sp³-hybridized carbons (Fsp3) is 0.143. The topological polar surface area (TPSA) is 54.3 Å². The molecule has 0 saturated heterocycles. The van der Waals surface area contributed by atoms with Crippen LogP contribution in [0.15, 0.2) is 79.0 Å². The van der Waals surface area contributed by atoms with E-state index in [2.05, 4.69) is 9.88 Å². The van der Waals surface area contributed by atoms with Crippen LogP contribution in [0.25, 0.3) is 0 Å². The van der Waals surface area contributed by atoms with E-state index in [1.54, 1.807) is 23.1 Å². The Balaban J connectivity index is 1.43. The number of carbonyl (C=O) groups excluding carboxylic acids is 2. The van der Waals surface area contributed by atoms with Gasteiger partial charge in [-0.2, -0.15) is 0 Å². The van der Waals surface area contributed by atoms with Crippen LogP contribution in [0.2, 0.25) is 5.02 Å². The molecule has 0 saturated carbocycles. The third kappa shape index (κ3) is 4.11. The normalized spacial score (nSPS) is 12.5. The minimum absolute atomic E-state index is 0.142. The van der Waals surface area contributed by atoms with Crippen molar-refractivity contribution in [3.8, 4) is 0 Å². The van der Waals surface area contributed by atoms with E-state index < -0.39 is 0 Å². The molecule has 0 spiro atoms. The molecule has 3 aromatic carbocycles. The minimum Gasteiger partial charge on any atom is -0.345 e. The van der Waals surface area contributed by atoms with Gasteiger partial charge in [0.15, 0.2) is 0 Å². The van der Waals surface area contributed by atoms with E-state index in [1.807, 2.05) is 74.6 Å². The van der Waals surface area contributed by atoms with Gasteiger partial charge >= 0.3 is 0 Å². The Bertz CT molecular complexity index is 1420. The number of nitrogens with one attached hydrogen (secondary N) is 1. The number of nitrogens with zero attached hydrogens (tertiary/aromatic N) is 2. The molecule has 2 amide bonds. The molecule has 170 valence electrons. The van der Waals surface area contributed by atoms with Gasteiger partial charge in [0.05, 0.1) is 17.3 Å². The number of aryl methyl sites for hydroxylation is 2. The van der Waals surface area contributed by atoms with E-state index in [-0.39, 0.29) is 11.8 Å². The number of amides is 2. The van der Waals surface area contributed by atoms with Gasteiger partial charge < -0.3 is 14.8 Å². The maximum Gasteiger partial charge on any atom is 0.258 e. The molecule has 0 unspecified atom stereocenters. The van der Waals surface area contributed by atoms with Gasteiger partial charge in [-0.3, -0.25) is 9.59 Å². The summed E-state index contributed by atoms with van der Waals surface area (Å²) in [7, 11) is 0. The van der Waals surface area contributed by atoms with Crippen LogP contribution >= 0.6 is 11.6 Å². The zero-order chi connectivity index (χ0) is 23.8. The van der Waals surface area contributed by atoms with Gasteiger partial charge in [-0.1, -0.05) is 47.5 Å². The molecule has 0 fully saturated rings. The number of carbonyl (C=O) groups is 2. The number of rotatable bonds is 3. The highest BCUT2D eigenvalue weighted by Gasteiger charge is 2.25. The predicted molar refractivity (Wildman–Crippen MR) is 136 cm³/mol. The first-order valence-corrected chi connectivity index (χ1v) is 11.5. The van der Waals surface area contributed by atoms with Crippen molar-refractivity contribution in [1.29, 1.82) is 0 Å². The summed E-state index contributed by atoms with van der Waals surface area (Å²) in [6, 6.07) is 22.7. The van der Waals surface area contributed by atoms with Crippen molar-refractivity contribution in [3.63, 3.8) is 0 Å². The van der Waals surface area contributed by atoms with Crippen LogP contribution in [0.3, 0.4) is 0 Å². The standard InChI is InChI=1S/C28H24ClN3O2/c1-18-9-10-19(2)23(14-18)27(33)30-25-12-11-20(15-24(25)29)28(34)32-17-22-7-5-13-31(22)16-21-6-3-4-8-26(21)32/h3-15H,16-17H2,1-2H3,(H,30,33). The molecule has 0 aliphatic carbocycles. The SMILES string of the molecule is Cc1ccc(C)c(C(=O)Nc2ccc(C(=O)N3Cc4cccn4Cc4ccccc43)cc2Cl)c1. The fourth-order valence-corrected chi connectivity index (χ4v) is 4.57. The summed E-state index contributed by atoms with van der Waals surface area (Å²) in [4.78, 5) is 28.2. The Labute approximate surface area is 203 Å². The highest BCUT2D eigenvalue weighted by atomic mass is 35.5. The molecule has 34 heavy (non-hydrogen) atoms. The summed E-state index contributed by atoms with van der Waals surface area (Å²) in [5.74, 6) is -0.374. The van der Waals surface area contributed by atoms with Crippen LogP contribution in [0.5, 0.6) is 0 Å². The Kier molecular flexibility index (Phi) is 5.72. The molecule has 1 aliphatic rings. The van der Waals surface area contributed by atoms with Gasteiger partial charge in [0.1, 0.15) is 0 Å². The summed E-state index contributed by atoms with van der Waals surface area (Å²) in [5, 5.41) is 3.19. The van der Waals surface area contributed by atoms with E-state index >= 15 is 0 Å². The summed E-state index contributed by atoms with van der Waals surface area (Å²) >= 11 is 6.52. The number of fused-ring (bicyclic) bond motifs is 2. The lowest BCUT2D eigenvalue weighted by molar-refractivity contribution is 0.0983. The van der Waals surface area contributed by atoms with E-state index in [4.69, 9.17) is 11.6 Å². The number of para-hydroxylation sites is 1. The molecule has 1 N–H and O–H groups in total. The van der Waals surface area contributed by atoms with Gasteiger partial charge in [0.2, 0.25) is 0 Å². The van der Waals surface area contributed by atoms with Gasteiger partial charge in [0, 0.05) is 35.2 Å². The van der Waals surface area contributed by atoms with Crippen molar-refractivity contribution in [2.75, 3.05) is 10.2 Å². The highest BCUT2D eigenvalue weighted by molar-refractivity contribution is 6.34. The van der Waals surface area contributed by atoms with Gasteiger partial charge in [-0.15, -0.1) is 0 Å². The molecule has 4 aromatic rings. The quantitative estimate of drug-likeness (QED) is 0.387. The molecule has 0 atom stereocenters. The third-order valence-corrected chi connectivity index (χ3v) is 6.53. The second kappa shape index (κ2) is 8.84. The van der Waals surface area contributed by atoms with Gasteiger partial charge in [-0.05, 0) is 67.4 Å². The first-order chi connectivity index (χ1) is 16.4. The smallest absolute Gasteiger partial charge is 0.258 e. The summed E-state index contributed by atoms with van der Waals surface area (Å²) in [6.45, 7) is 5.02. The lowest BCUT2D eigenvalue weighted by atomic mass is 10.0. The van der Waals surface area contributed by atoms with Crippen molar-refractivity contribution in [1.82, 2.24) is 4.57 Å². The molecule has 6 heteroatoms. The van der Waals surface area contributed by atoms with Crippen molar-refractivity contribution < 1.29 is 9.59 Å². The van der Waals surface area contributed by atoms with Crippen molar-refractivity contribution >= 4 is 34.8 Å². The van der Waals surface area contributed by atoms with Crippen LogP contribution in [-0.4, -0.2) is 16.4 Å². The zero-order valence-corrected chi connectivity index (χ0v) is 19.8. The molecule has 0 bridgehead atoms. The summed E-state index contributed by atoms with van der Waals surface area (Å²) in [5.41, 5.74) is 6.45. The van der Waals surface area contributed by atoms with Gasteiger partial charge in [0.25, 0.3) is 11.8 Å². The van der Waals surface area contributed by atoms with E-state index in [9.17, 15) is 9.59 Å². The third-order valence-electron chi connectivity index (χ3n) is 6.21. The number of halogens is 1. The number of anilines is 2. The first-order valence-electron chi connectivity index (χ1n) is 11.1. The average molecular weight is 470 g/mol. The Morgan fingerprint density at radius 2 is 1.74 bits per heavy atom. The highest BCUT2D eigenvalue weighted by Crippen LogP contribution is 2.31. The van der Waals surface area contributed by atoms with Crippen molar-refractivity contribution in [3.05, 3.63) is 118 Å². The fourth-order valence-electron chi connectivity index (χ4n) is 4.34. The van der Waals surface area contributed by atoms with E-state index in [0.717, 1.165) is 28.1 Å². The molecule has 1 aliphatic heterocycles. The largest absolute Gasteiger partial charge is 0.345 e. The maximum atomic E-state index is 13.6. The second-order valence-corrected chi connectivity index (χ2v) is 9.02. The molecular formula is C28H24ClN3O2. The number of hydrogen-bond acceptors (Lipinski definition) is 2. The van der Waals surface area contributed by atoms with E-state index in [0.29, 0.717) is 34.9 Å². The minimum atomic E-state index is -0.232. The Morgan fingerprint density at radius 3 is 2.56 bits per heavy atom. The number of aromatic nitrogens is 1. The molecule has 2 heterocycles. The average Bonchev–Trinajstić information content (AvgIpc) is 3.20. The Hall–Kier alpha value is -3.83. The van der Waals surface area contributed by atoms with Crippen LogP contribution in [0, 0.1) is 13.8 Å². The monoisotopic (exact) mass is 469 g/mol. The molecule has 5 nitrogen and oxygen atoms in total. The maximum absolute atomic E-state index is 13.6. The van der Waals surface area contributed by atoms with Crippen LogP contribution in [-0.2, 0) is 13.1 Å². The van der Waals surface area contributed by atoms with Crippen LogP contribution in [0.1, 0.15) is 43.1 Å². The van der Waals surface area contributed by atoms with Crippen molar-refractivity contribution in [2.45, 2.75) is 26.9 Å². The lowest BCUT2D eigenvalue weighted by Gasteiger charge is -2.23. The molecule has 1 aromatic heterocycles. The first kappa shape index (κ1) is 22.0.